The van der Waals surface area contributed by atoms with Crippen molar-refractivity contribution in [2.45, 2.75) is 37.9 Å². The maximum Gasteiger partial charge on any atom is 0.416 e. The topological polar surface area (TPSA) is 76.0 Å². The van der Waals surface area contributed by atoms with Crippen LogP contribution in [0.15, 0.2) is 48.8 Å². The molecule has 1 saturated heterocycles. The highest BCUT2D eigenvalue weighted by molar-refractivity contribution is 5.76. The summed E-state index contributed by atoms with van der Waals surface area (Å²) in [5.41, 5.74) is 1.00. The lowest BCUT2D eigenvalue weighted by Gasteiger charge is -2.16. The monoisotopic (exact) mass is 447 g/mol. The van der Waals surface area contributed by atoms with Gasteiger partial charge in [0.2, 0.25) is 5.91 Å². The van der Waals surface area contributed by atoms with E-state index in [9.17, 15) is 18.0 Å². The lowest BCUT2D eigenvalue weighted by molar-refractivity contribution is -0.137. The van der Waals surface area contributed by atoms with Gasteiger partial charge in [0, 0.05) is 56.5 Å². The number of aryl methyl sites for hydroxylation is 1. The number of rotatable bonds is 8. The number of hydrogen-bond acceptors (Lipinski definition) is 4. The van der Waals surface area contributed by atoms with Gasteiger partial charge in [0.05, 0.1) is 17.9 Å². The molecule has 10 heteroatoms. The Morgan fingerprint density at radius 3 is 2.91 bits per heavy atom. The summed E-state index contributed by atoms with van der Waals surface area (Å²) in [5, 5.41) is 11.4. The highest BCUT2D eigenvalue weighted by Crippen LogP contribution is 2.31. The number of aromatic amines is 1. The van der Waals surface area contributed by atoms with Crippen molar-refractivity contribution in [3.05, 3.63) is 65.7 Å². The van der Waals surface area contributed by atoms with Crippen molar-refractivity contribution in [1.29, 1.82) is 0 Å². The number of aromatic nitrogens is 4. The minimum atomic E-state index is -4.40. The number of carbonyl (C=O) groups excluding carboxylic acids is 1. The predicted molar refractivity (Wildman–Crippen MR) is 110 cm³/mol. The van der Waals surface area contributed by atoms with Gasteiger partial charge >= 0.3 is 6.18 Å². The van der Waals surface area contributed by atoms with E-state index in [0.29, 0.717) is 32.5 Å². The molecule has 2 aromatic heterocycles. The van der Waals surface area contributed by atoms with Gasteiger partial charge in [0.1, 0.15) is 5.75 Å². The zero-order valence-corrected chi connectivity index (χ0v) is 17.4. The normalized spacial score (nSPS) is 16.5. The number of likely N-dealkylation sites (tertiary alicyclic amines) is 1. The SMILES string of the molecule is O=C(CCn1cccn1)N1CC[C@H](c2cc(CCOc3cccc(C(F)(F)F)c3)[nH]n2)C1. The molecule has 1 atom stereocenters. The number of ether oxygens (including phenoxy) is 1. The first kappa shape index (κ1) is 21.9. The molecule has 1 N–H and O–H groups in total. The predicted octanol–water partition coefficient (Wildman–Crippen LogP) is 3.65. The van der Waals surface area contributed by atoms with Crippen LogP contribution in [0.1, 0.15) is 35.7 Å². The minimum Gasteiger partial charge on any atom is -0.493 e. The van der Waals surface area contributed by atoms with Crippen LogP contribution in [-0.2, 0) is 23.9 Å². The summed E-state index contributed by atoms with van der Waals surface area (Å²) in [6.45, 7) is 2.11. The summed E-state index contributed by atoms with van der Waals surface area (Å²) in [6, 6.07) is 8.61. The number of alkyl halides is 3. The number of benzene rings is 1. The maximum atomic E-state index is 12.8. The van der Waals surface area contributed by atoms with Crippen LogP contribution in [0.3, 0.4) is 0 Å². The highest BCUT2D eigenvalue weighted by Gasteiger charge is 2.31. The Morgan fingerprint density at radius 1 is 1.25 bits per heavy atom. The molecule has 170 valence electrons. The molecule has 1 aliphatic heterocycles. The molecule has 0 aliphatic carbocycles. The molecule has 3 aromatic rings. The van der Waals surface area contributed by atoms with Gasteiger partial charge < -0.3 is 9.64 Å². The van der Waals surface area contributed by atoms with Crippen molar-refractivity contribution in [2.24, 2.45) is 0 Å². The van der Waals surface area contributed by atoms with E-state index in [-0.39, 0.29) is 24.2 Å². The van der Waals surface area contributed by atoms with E-state index >= 15 is 0 Å². The second-order valence-electron chi connectivity index (χ2n) is 7.79. The Labute approximate surface area is 183 Å². The van der Waals surface area contributed by atoms with E-state index in [1.165, 1.54) is 12.1 Å². The summed E-state index contributed by atoms with van der Waals surface area (Å²) >= 11 is 0. The Balaban J connectivity index is 1.24. The van der Waals surface area contributed by atoms with Crippen LogP contribution in [0.2, 0.25) is 0 Å². The molecule has 1 aliphatic rings. The summed E-state index contributed by atoms with van der Waals surface area (Å²) in [7, 11) is 0. The van der Waals surface area contributed by atoms with Crippen LogP contribution in [0, 0.1) is 0 Å². The molecule has 1 fully saturated rings. The first-order valence-corrected chi connectivity index (χ1v) is 10.5. The summed E-state index contributed by atoms with van der Waals surface area (Å²) in [4.78, 5) is 14.3. The van der Waals surface area contributed by atoms with Crippen LogP contribution in [-0.4, -0.2) is 50.5 Å². The van der Waals surface area contributed by atoms with E-state index in [2.05, 4.69) is 15.3 Å². The number of halogens is 3. The van der Waals surface area contributed by atoms with Crippen LogP contribution in [0.5, 0.6) is 5.75 Å². The second-order valence-corrected chi connectivity index (χ2v) is 7.79. The standard InChI is InChI=1S/C22H24F3N5O2/c23-22(24,25)17-3-1-4-19(13-17)32-12-7-18-14-20(28-27-18)16-5-10-29(15-16)21(31)6-11-30-9-2-8-26-30/h1-4,8-9,13-14,16H,5-7,10-12,15H2,(H,27,28)/t16-/m0/s1. The fraction of sp³-hybridized carbons (Fsp3) is 0.409. The molecule has 32 heavy (non-hydrogen) atoms. The third-order valence-electron chi connectivity index (χ3n) is 5.53. The quantitative estimate of drug-likeness (QED) is 0.572. The third kappa shape index (κ3) is 5.49. The Hall–Kier alpha value is -3.30. The molecule has 4 rings (SSSR count). The molecule has 1 aromatic carbocycles. The fourth-order valence-electron chi connectivity index (χ4n) is 3.79. The fourth-order valence-corrected chi connectivity index (χ4v) is 3.79. The highest BCUT2D eigenvalue weighted by atomic mass is 19.4. The van der Waals surface area contributed by atoms with Crippen molar-refractivity contribution < 1.29 is 22.7 Å². The first-order valence-electron chi connectivity index (χ1n) is 10.5. The lowest BCUT2D eigenvalue weighted by Crippen LogP contribution is -2.29. The summed E-state index contributed by atoms with van der Waals surface area (Å²) in [6.07, 6.45) is 0.875. The van der Waals surface area contributed by atoms with Gasteiger partial charge in [-0.25, -0.2) is 0 Å². The zero-order valence-electron chi connectivity index (χ0n) is 17.4. The average molecular weight is 447 g/mol. The number of hydrogen-bond donors (Lipinski definition) is 1. The zero-order chi connectivity index (χ0) is 22.6. The Kier molecular flexibility index (Phi) is 6.48. The molecule has 3 heterocycles. The number of carbonyl (C=O) groups is 1. The van der Waals surface area contributed by atoms with Crippen LogP contribution >= 0.6 is 0 Å². The van der Waals surface area contributed by atoms with Gasteiger partial charge in [-0.1, -0.05) is 6.07 Å². The van der Waals surface area contributed by atoms with Crippen molar-refractivity contribution in [3.63, 3.8) is 0 Å². The van der Waals surface area contributed by atoms with Crippen molar-refractivity contribution >= 4 is 5.91 Å². The van der Waals surface area contributed by atoms with Gasteiger partial charge in [-0.15, -0.1) is 0 Å². The number of H-pyrrole nitrogens is 1. The van der Waals surface area contributed by atoms with E-state index in [4.69, 9.17) is 4.74 Å². The van der Waals surface area contributed by atoms with Gasteiger partial charge in [0.15, 0.2) is 0 Å². The van der Waals surface area contributed by atoms with E-state index < -0.39 is 11.7 Å². The summed E-state index contributed by atoms with van der Waals surface area (Å²) in [5.74, 6) is 0.450. The number of amides is 1. The Morgan fingerprint density at radius 2 is 2.12 bits per heavy atom. The van der Waals surface area contributed by atoms with Crippen LogP contribution in [0.25, 0.3) is 0 Å². The lowest BCUT2D eigenvalue weighted by atomic mass is 10.0. The second kappa shape index (κ2) is 9.46. The molecule has 1 amide bonds. The number of nitrogens with one attached hydrogen (secondary N) is 1. The molecule has 0 bridgehead atoms. The minimum absolute atomic E-state index is 0.105. The van der Waals surface area contributed by atoms with Crippen LogP contribution in [0.4, 0.5) is 13.2 Å². The van der Waals surface area contributed by atoms with E-state index in [1.54, 1.807) is 10.9 Å². The van der Waals surface area contributed by atoms with Gasteiger partial charge in [0.25, 0.3) is 0 Å². The molecule has 7 nitrogen and oxygen atoms in total. The number of nitrogens with zero attached hydrogens (tertiary/aromatic N) is 4. The largest absolute Gasteiger partial charge is 0.493 e. The molecule has 0 saturated carbocycles. The third-order valence-corrected chi connectivity index (χ3v) is 5.53. The molecule has 0 spiro atoms. The van der Waals surface area contributed by atoms with Crippen LogP contribution < -0.4 is 4.74 Å². The molecule has 0 radical (unpaired) electrons. The van der Waals surface area contributed by atoms with Crippen molar-refractivity contribution in [1.82, 2.24) is 24.9 Å². The van der Waals surface area contributed by atoms with E-state index in [1.807, 2.05) is 23.2 Å². The average Bonchev–Trinajstić information content (AvgIpc) is 3.53. The van der Waals surface area contributed by atoms with Gasteiger partial charge in [-0.3, -0.25) is 14.6 Å². The van der Waals surface area contributed by atoms with Crippen molar-refractivity contribution in [2.75, 3.05) is 19.7 Å². The Bertz CT molecular complexity index is 1030. The first-order chi connectivity index (χ1) is 15.4. The van der Waals surface area contributed by atoms with Crippen molar-refractivity contribution in [3.8, 4) is 5.75 Å². The summed E-state index contributed by atoms with van der Waals surface area (Å²) < 4.78 is 45.6. The van der Waals surface area contributed by atoms with Gasteiger partial charge in [-0.2, -0.15) is 23.4 Å². The van der Waals surface area contributed by atoms with E-state index in [0.717, 1.165) is 29.9 Å². The maximum absolute atomic E-state index is 12.8. The molecule has 0 unspecified atom stereocenters. The molecular weight excluding hydrogens is 423 g/mol. The van der Waals surface area contributed by atoms with Gasteiger partial charge in [-0.05, 0) is 36.8 Å². The smallest absolute Gasteiger partial charge is 0.416 e. The molecular formula is C22H24F3N5O2.